The molecule has 2 heteroatoms. The lowest BCUT2D eigenvalue weighted by Crippen LogP contribution is -2.22. The standard InChI is InChI=1S/C9H14N2/c1-5-8-6-7-11(10-8)9(2,3)4/h5-7H,1H2,2-4H3. The molecule has 0 fully saturated rings. The normalized spacial score (nSPS) is 11.5. The first-order chi connectivity index (χ1) is 5.04. The molecule has 1 aromatic heterocycles. The van der Waals surface area contributed by atoms with E-state index >= 15 is 0 Å². The Morgan fingerprint density at radius 3 is 2.45 bits per heavy atom. The molecule has 0 aliphatic rings. The van der Waals surface area contributed by atoms with Crippen LogP contribution in [0, 0.1) is 0 Å². The Bertz CT molecular complexity index is 253. The number of rotatable bonds is 1. The Balaban J connectivity index is 2.98. The fraction of sp³-hybridized carbons (Fsp3) is 0.444. The van der Waals surface area contributed by atoms with Gasteiger partial charge in [0.1, 0.15) is 0 Å². The van der Waals surface area contributed by atoms with Crippen LogP contribution in [-0.2, 0) is 5.54 Å². The van der Waals surface area contributed by atoms with Crippen molar-refractivity contribution < 1.29 is 0 Å². The average Bonchev–Trinajstić information content (AvgIpc) is 2.32. The van der Waals surface area contributed by atoms with Crippen LogP contribution in [0.4, 0.5) is 0 Å². The highest BCUT2D eigenvalue weighted by Crippen LogP contribution is 2.12. The highest BCUT2D eigenvalue weighted by Gasteiger charge is 2.12. The van der Waals surface area contributed by atoms with Crippen LogP contribution in [0.2, 0.25) is 0 Å². The van der Waals surface area contributed by atoms with E-state index in [1.54, 1.807) is 6.08 Å². The van der Waals surface area contributed by atoms with E-state index in [9.17, 15) is 0 Å². The van der Waals surface area contributed by atoms with E-state index in [1.165, 1.54) is 0 Å². The zero-order valence-electron chi connectivity index (χ0n) is 7.33. The summed E-state index contributed by atoms with van der Waals surface area (Å²) in [6.07, 6.45) is 3.72. The highest BCUT2D eigenvalue weighted by molar-refractivity contribution is 5.39. The number of aromatic nitrogens is 2. The van der Waals surface area contributed by atoms with Crippen molar-refractivity contribution in [1.29, 1.82) is 0 Å². The van der Waals surface area contributed by atoms with Crippen molar-refractivity contribution in [3.05, 3.63) is 24.5 Å². The Kier molecular flexibility index (Phi) is 1.85. The van der Waals surface area contributed by atoms with Gasteiger partial charge in [0.25, 0.3) is 0 Å². The average molecular weight is 150 g/mol. The lowest BCUT2D eigenvalue weighted by molar-refractivity contribution is 0.355. The lowest BCUT2D eigenvalue weighted by atomic mass is 10.1. The Morgan fingerprint density at radius 2 is 2.18 bits per heavy atom. The van der Waals surface area contributed by atoms with E-state index in [2.05, 4.69) is 32.4 Å². The molecule has 0 N–H and O–H groups in total. The van der Waals surface area contributed by atoms with Crippen molar-refractivity contribution in [2.24, 2.45) is 0 Å². The van der Waals surface area contributed by atoms with Crippen molar-refractivity contribution in [3.63, 3.8) is 0 Å². The van der Waals surface area contributed by atoms with Crippen LogP contribution in [0.3, 0.4) is 0 Å². The molecule has 0 aromatic carbocycles. The van der Waals surface area contributed by atoms with Gasteiger partial charge in [-0.3, -0.25) is 4.68 Å². The Labute approximate surface area is 67.5 Å². The highest BCUT2D eigenvalue weighted by atomic mass is 15.3. The molecule has 0 amide bonds. The molecule has 2 nitrogen and oxygen atoms in total. The molecule has 0 spiro atoms. The molecule has 0 radical (unpaired) electrons. The van der Waals surface area contributed by atoms with Gasteiger partial charge in [0.2, 0.25) is 0 Å². The molecule has 0 aliphatic heterocycles. The van der Waals surface area contributed by atoms with Gasteiger partial charge in [0.15, 0.2) is 0 Å². The van der Waals surface area contributed by atoms with Gasteiger partial charge >= 0.3 is 0 Å². The van der Waals surface area contributed by atoms with Gasteiger partial charge in [-0.2, -0.15) is 5.10 Å². The molecular formula is C9H14N2. The zero-order valence-corrected chi connectivity index (χ0v) is 7.33. The zero-order chi connectivity index (χ0) is 8.48. The Morgan fingerprint density at radius 1 is 1.55 bits per heavy atom. The minimum Gasteiger partial charge on any atom is -0.267 e. The Hall–Kier alpha value is -1.05. The third-order valence-electron chi connectivity index (χ3n) is 1.51. The minimum atomic E-state index is 0.0707. The van der Waals surface area contributed by atoms with Crippen LogP contribution in [0.15, 0.2) is 18.8 Å². The van der Waals surface area contributed by atoms with Crippen molar-refractivity contribution in [1.82, 2.24) is 9.78 Å². The number of hydrogen-bond donors (Lipinski definition) is 0. The van der Waals surface area contributed by atoms with Crippen LogP contribution in [0.25, 0.3) is 6.08 Å². The molecule has 0 saturated carbocycles. The van der Waals surface area contributed by atoms with Crippen molar-refractivity contribution in [2.75, 3.05) is 0 Å². The van der Waals surface area contributed by atoms with Crippen LogP contribution >= 0.6 is 0 Å². The maximum absolute atomic E-state index is 4.30. The molecule has 60 valence electrons. The van der Waals surface area contributed by atoms with Gasteiger partial charge in [0, 0.05) is 6.20 Å². The minimum absolute atomic E-state index is 0.0707. The van der Waals surface area contributed by atoms with E-state index in [4.69, 9.17) is 0 Å². The molecule has 1 heterocycles. The fourth-order valence-corrected chi connectivity index (χ4v) is 0.821. The van der Waals surface area contributed by atoms with Gasteiger partial charge in [0.05, 0.1) is 11.2 Å². The molecule has 11 heavy (non-hydrogen) atoms. The van der Waals surface area contributed by atoms with Gasteiger partial charge in [-0.15, -0.1) is 0 Å². The van der Waals surface area contributed by atoms with Crippen molar-refractivity contribution in [3.8, 4) is 0 Å². The summed E-state index contributed by atoms with van der Waals surface area (Å²) >= 11 is 0. The fourth-order valence-electron chi connectivity index (χ4n) is 0.821. The summed E-state index contributed by atoms with van der Waals surface area (Å²) in [6.45, 7) is 10.0. The molecule has 0 bridgehead atoms. The maximum Gasteiger partial charge on any atom is 0.0845 e. The first-order valence-electron chi connectivity index (χ1n) is 3.72. The number of nitrogens with zero attached hydrogens (tertiary/aromatic N) is 2. The molecular weight excluding hydrogens is 136 g/mol. The maximum atomic E-state index is 4.30. The summed E-state index contributed by atoms with van der Waals surface area (Å²) in [5.41, 5.74) is 1.00. The van der Waals surface area contributed by atoms with Crippen LogP contribution < -0.4 is 0 Å². The molecule has 1 rings (SSSR count). The van der Waals surface area contributed by atoms with Gasteiger partial charge in [-0.1, -0.05) is 6.58 Å². The van der Waals surface area contributed by atoms with E-state index in [-0.39, 0.29) is 5.54 Å². The van der Waals surface area contributed by atoms with E-state index in [1.807, 2.05) is 16.9 Å². The van der Waals surface area contributed by atoms with Gasteiger partial charge < -0.3 is 0 Å². The van der Waals surface area contributed by atoms with Crippen molar-refractivity contribution in [2.45, 2.75) is 26.3 Å². The van der Waals surface area contributed by atoms with Crippen LogP contribution in [-0.4, -0.2) is 9.78 Å². The largest absolute Gasteiger partial charge is 0.267 e. The van der Waals surface area contributed by atoms with Crippen LogP contribution in [0.1, 0.15) is 26.5 Å². The predicted molar refractivity (Wildman–Crippen MR) is 47.3 cm³/mol. The lowest BCUT2D eigenvalue weighted by Gasteiger charge is -2.18. The second-order valence-corrected chi connectivity index (χ2v) is 3.56. The van der Waals surface area contributed by atoms with Crippen molar-refractivity contribution >= 4 is 6.08 Å². The third kappa shape index (κ3) is 1.70. The molecule has 1 aromatic rings. The first-order valence-corrected chi connectivity index (χ1v) is 3.72. The summed E-state index contributed by atoms with van der Waals surface area (Å²) < 4.78 is 1.93. The summed E-state index contributed by atoms with van der Waals surface area (Å²) in [5.74, 6) is 0. The third-order valence-corrected chi connectivity index (χ3v) is 1.51. The summed E-state index contributed by atoms with van der Waals surface area (Å²) in [4.78, 5) is 0. The molecule has 0 unspecified atom stereocenters. The van der Waals surface area contributed by atoms with Crippen LogP contribution in [0.5, 0.6) is 0 Å². The summed E-state index contributed by atoms with van der Waals surface area (Å²) in [6, 6.07) is 1.96. The summed E-state index contributed by atoms with van der Waals surface area (Å²) in [5, 5.41) is 4.30. The van der Waals surface area contributed by atoms with E-state index in [0.29, 0.717) is 0 Å². The predicted octanol–water partition coefficient (Wildman–Crippen LogP) is 2.28. The topological polar surface area (TPSA) is 17.8 Å². The van der Waals surface area contributed by atoms with E-state index < -0.39 is 0 Å². The number of hydrogen-bond acceptors (Lipinski definition) is 1. The SMILES string of the molecule is C=Cc1ccn(C(C)(C)C)n1. The van der Waals surface area contributed by atoms with Gasteiger partial charge in [-0.05, 0) is 32.9 Å². The second-order valence-electron chi connectivity index (χ2n) is 3.56. The smallest absolute Gasteiger partial charge is 0.0845 e. The monoisotopic (exact) mass is 150 g/mol. The quantitative estimate of drug-likeness (QED) is 0.600. The van der Waals surface area contributed by atoms with Gasteiger partial charge in [-0.25, -0.2) is 0 Å². The molecule has 0 saturated heterocycles. The first kappa shape index (κ1) is 8.05. The molecule has 0 aliphatic carbocycles. The second kappa shape index (κ2) is 2.53. The summed E-state index contributed by atoms with van der Waals surface area (Å²) in [7, 11) is 0. The molecule has 0 atom stereocenters. The van der Waals surface area contributed by atoms with E-state index in [0.717, 1.165) is 5.69 Å².